The van der Waals surface area contributed by atoms with Gasteiger partial charge in [0.25, 0.3) is 0 Å². The zero-order valence-corrected chi connectivity index (χ0v) is 15.0. The first kappa shape index (κ1) is 17.0. The van der Waals surface area contributed by atoms with Gasteiger partial charge in [0.15, 0.2) is 5.43 Å². The lowest BCUT2D eigenvalue weighted by molar-refractivity contribution is -0.116. The average molecular weight is 334 g/mol. The number of hydrogen-bond acceptors (Lipinski definition) is 2. The van der Waals surface area contributed by atoms with Gasteiger partial charge in [-0.2, -0.15) is 0 Å². The van der Waals surface area contributed by atoms with Crippen LogP contribution in [0, 0.1) is 27.7 Å². The number of pyridine rings is 1. The highest BCUT2D eigenvalue weighted by atomic mass is 16.2. The molecule has 4 nitrogen and oxygen atoms in total. The van der Waals surface area contributed by atoms with E-state index in [1.165, 1.54) is 6.07 Å². The van der Waals surface area contributed by atoms with Crippen LogP contribution in [-0.2, 0) is 11.3 Å². The van der Waals surface area contributed by atoms with Crippen molar-refractivity contribution in [1.82, 2.24) is 4.57 Å². The smallest absolute Gasteiger partial charge is 0.244 e. The van der Waals surface area contributed by atoms with Crippen molar-refractivity contribution in [2.75, 3.05) is 5.32 Å². The molecule has 0 aliphatic heterocycles. The van der Waals surface area contributed by atoms with E-state index >= 15 is 0 Å². The fraction of sp³-hybridized carbons (Fsp3) is 0.238. The van der Waals surface area contributed by atoms with E-state index in [-0.39, 0.29) is 17.9 Å². The molecule has 3 rings (SSSR count). The first-order valence-electron chi connectivity index (χ1n) is 8.32. The number of benzene rings is 2. The lowest BCUT2D eigenvalue weighted by Crippen LogP contribution is -2.21. The average Bonchev–Trinajstić information content (AvgIpc) is 2.53. The molecule has 0 saturated carbocycles. The predicted molar refractivity (Wildman–Crippen MR) is 102 cm³/mol. The van der Waals surface area contributed by atoms with E-state index in [0.717, 1.165) is 33.5 Å². The standard InChI is InChI=1S/C21H22N2O2/c1-13-5-6-15(3)17(10-13)22-20(25)12-23-8-7-19(24)21-16(4)9-14(2)11-18(21)23/h5-11H,12H2,1-4H3,(H,22,25). The summed E-state index contributed by atoms with van der Waals surface area (Å²) in [5.41, 5.74) is 5.72. The van der Waals surface area contributed by atoms with Crippen molar-refractivity contribution < 1.29 is 4.79 Å². The molecule has 0 aliphatic rings. The summed E-state index contributed by atoms with van der Waals surface area (Å²) < 4.78 is 1.83. The van der Waals surface area contributed by atoms with Crippen LogP contribution in [0.2, 0.25) is 0 Å². The third-order valence-electron chi connectivity index (χ3n) is 4.40. The summed E-state index contributed by atoms with van der Waals surface area (Å²) in [4.78, 5) is 24.7. The Morgan fingerprint density at radius 1 is 0.960 bits per heavy atom. The fourth-order valence-electron chi connectivity index (χ4n) is 3.17. The molecule has 25 heavy (non-hydrogen) atoms. The maximum Gasteiger partial charge on any atom is 0.244 e. The summed E-state index contributed by atoms with van der Waals surface area (Å²) >= 11 is 0. The van der Waals surface area contributed by atoms with Crippen LogP contribution in [0.25, 0.3) is 10.9 Å². The van der Waals surface area contributed by atoms with Gasteiger partial charge < -0.3 is 9.88 Å². The van der Waals surface area contributed by atoms with Crippen molar-refractivity contribution in [2.45, 2.75) is 34.2 Å². The van der Waals surface area contributed by atoms with Crippen LogP contribution < -0.4 is 10.7 Å². The molecule has 0 spiro atoms. The number of fused-ring (bicyclic) bond motifs is 1. The Morgan fingerprint density at radius 3 is 2.48 bits per heavy atom. The highest BCUT2D eigenvalue weighted by molar-refractivity contribution is 5.93. The van der Waals surface area contributed by atoms with E-state index in [4.69, 9.17) is 0 Å². The Hall–Kier alpha value is -2.88. The topological polar surface area (TPSA) is 51.1 Å². The van der Waals surface area contributed by atoms with Crippen LogP contribution in [0.5, 0.6) is 0 Å². The van der Waals surface area contributed by atoms with Crippen molar-refractivity contribution in [3.8, 4) is 0 Å². The number of nitrogens with zero attached hydrogens (tertiary/aromatic N) is 1. The number of hydrogen-bond donors (Lipinski definition) is 1. The summed E-state index contributed by atoms with van der Waals surface area (Å²) in [6.07, 6.45) is 1.69. The summed E-state index contributed by atoms with van der Waals surface area (Å²) in [6.45, 7) is 8.04. The SMILES string of the molecule is Cc1ccc(C)c(NC(=O)Cn2ccc(=O)c3c(C)cc(C)cc32)c1. The van der Waals surface area contributed by atoms with Crippen molar-refractivity contribution in [1.29, 1.82) is 0 Å². The van der Waals surface area contributed by atoms with Gasteiger partial charge >= 0.3 is 0 Å². The van der Waals surface area contributed by atoms with Crippen molar-refractivity contribution in [3.63, 3.8) is 0 Å². The van der Waals surface area contributed by atoms with Gasteiger partial charge in [0.1, 0.15) is 6.54 Å². The second-order valence-corrected chi connectivity index (χ2v) is 6.65. The third kappa shape index (κ3) is 3.48. The molecular formula is C21H22N2O2. The van der Waals surface area contributed by atoms with Gasteiger partial charge in [-0.1, -0.05) is 18.2 Å². The maximum atomic E-state index is 12.5. The van der Waals surface area contributed by atoms with Gasteiger partial charge in [-0.25, -0.2) is 0 Å². The van der Waals surface area contributed by atoms with Gasteiger partial charge in [0.05, 0.1) is 5.52 Å². The van der Waals surface area contributed by atoms with Crippen molar-refractivity contribution in [3.05, 3.63) is 75.1 Å². The minimum absolute atomic E-state index is 0.0151. The van der Waals surface area contributed by atoms with Crippen LogP contribution in [0.1, 0.15) is 22.3 Å². The van der Waals surface area contributed by atoms with Crippen molar-refractivity contribution >= 4 is 22.5 Å². The molecule has 0 bridgehead atoms. The van der Waals surface area contributed by atoms with E-state index in [2.05, 4.69) is 5.32 Å². The number of aromatic nitrogens is 1. The highest BCUT2D eigenvalue weighted by Crippen LogP contribution is 2.19. The number of amides is 1. The maximum absolute atomic E-state index is 12.5. The van der Waals surface area contributed by atoms with Crippen LogP contribution in [0.3, 0.4) is 0 Å². The van der Waals surface area contributed by atoms with Crippen molar-refractivity contribution in [2.24, 2.45) is 0 Å². The largest absolute Gasteiger partial charge is 0.338 e. The molecule has 0 radical (unpaired) electrons. The molecule has 128 valence electrons. The number of carbonyl (C=O) groups is 1. The fourth-order valence-corrected chi connectivity index (χ4v) is 3.17. The summed E-state index contributed by atoms with van der Waals surface area (Å²) in [6, 6.07) is 11.4. The van der Waals surface area contributed by atoms with Crippen LogP contribution in [0.4, 0.5) is 5.69 Å². The minimum atomic E-state index is -0.113. The van der Waals surface area contributed by atoms with E-state index in [0.29, 0.717) is 5.39 Å². The molecule has 0 aliphatic carbocycles. The molecule has 2 aromatic carbocycles. The molecular weight excluding hydrogens is 312 g/mol. The van der Waals surface area contributed by atoms with E-state index in [1.807, 2.05) is 62.6 Å². The molecule has 1 N–H and O–H groups in total. The normalized spacial score (nSPS) is 10.9. The van der Waals surface area contributed by atoms with Gasteiger partial charge in [-0.05, 0) is 62.1 Å². The molecule has 1 amide bonds. The van der Waals surface area contributed by atoms with E-state index < -0.39 is 0 Å². The Labute approximate surface area is 147 Å². The molecule has 0 saturated heterocycles. The Kier molecular flexibility index (Phi) is 4.45. The second kappa shape index (κ2) is 6.55. The predicted octanol–water partition coefficient (Wildman–Crippen LogP) is 3.87. The number of carbonyl (C=O) groups excluding carboxylic acids is 1. The number of nitrogens with one attached hydrogen (secondary N) is 1. The molecule has 1 heterocycles. The third-order valence-corrected chi connectivity index (χ3v) is 4.40. The summed E-state index contributed by atoms with van der Waals surface area (Å²) in [5.74, 6) is -0.113. The lowest BCUT2D eigenvalue weighted by atomic mass is 10.1. The van der Waals surface area contributed by atoms with Crippen LogP contribution in [-0.4, -0.2) is 10.5 Å². The molecule has 0 atom stereocenters. The quantitative estimate of drug-likeness (QED) is 0.790. The lowest BCUT2D eigenvalue weighted by Gasteiger charge is -2.14. The van der Waals surface area contributed by atoms with E-state index in [1.54, 1.807) is 6.20 Å². The van der Waals surface area contributed by atoms with Gasteiger partial charge in [0.2, 0.25) is 5.91 Å². The zero-order valence-electron chi connectivity index (χ0n) is 15.0. The number of aryl methyl sites for hydroxylation is 4. The van der Waals surface area contributed by atoms with E-state index in [9.17, 15) is 9.59 Å². The molecule has 3 aromatic rings. The number of rotatable bonds is 3. The van der Waals surface area contributed by atoms with Gasteiger partial charge in [0, 0.05) is 23.3 Å². The first-order valence-corrected chi connectivity index (χ1v) is 8.32. The Morgan fingerprint density at radius 2 is 1.72 bits per heavy atom. The Balaban J connectivity index is 1.95. The molecule has 0 fully saturated rings. The summed E-state index contributed by atoms with van der Waals surface area (Å²) in [7, 11) is 0. The molecule has 4 heteroatoms. The van der Waals surface area contributed by atoms with Crippen LogP contribution in [0.15, 0.2) is 47.4 Å². The van der Waals surface area contributed by atoms with Gasteiger partial charge in [-0.3, -0.25) is 9.59 Å². The first-order chi connectivity index (χ1) is 11.8. The molecule has 0 unspecified atom stereocenters. The molecule has 1 aromatic heterocycles. The zero-order chi connectivity index (χ0) is 18.1. The Bertz CT molecular complexity index is 1030. The van der Waals surface area contributed by atoms with Crippen LogP contribution >= 0.6 is 0 Å². The minimum Gasteiger partial charge on any atom is -0.338 e. The highest BCUT2D eigenvalue weighted by Gasteiger charge is 2.11. The monoisotopic (exact) mass is 334 g/mol. The second-order valence-electron chi connectivity index (χ2n) is 6.65. The summed E-state index contributed by atoms with van der Waals surface area (Å²) in [5, 5.41) is 3.64. The van der Waals surface area contributed by atoms with Gasteiger partial charge in [-0.15, -0.1) is 0 Å². The number of anilines is 1.